The Labute approximate surface area is 105 Å². The minimum atomic E-state index is 0.393. The molecular formula is C13H27N3O. The van der Waals surface area contributed by atoms with Crippen LogP contribution in [0.15, 0.2) is 0 Å². The van der Waals surface area contributed by atoms with Crippen LogP contribution in [0.5, 0.6) is 0 Å². The Morgan fingerprint density at radius 2 is 1.71 bits per heavy atom. The zero-order valence-corrected chi connectivity index (χ0v) is 11.3. The van der Waals surface area contributed by atoms with E-state index in [4.69, 9.17) is 4.74 Å². The molecule has 0 spiro atoms. The highest BCUT2D eigenvalue weighted by Crippen LogP contribution is 2.10. The molecule has 0 aliphatic carbocycles. The van der Waals surface area contributed by atoms with Crippen LogP contribution in [0.25, 0.3) is 0 Å². The van der Waals surface area contributed by atoms with Crippen LogP contribution >= 0.6 is 0 Å². The van der Waals surface area contributed by atoms with E-state index in [9.17, 15) is 0 Å². The van der Waals surface area contributed by atoms with Crippen LogP contribution in [0.2, 0.25) is 0 Å². The molecule has 4 heteroatoms. The molecule has 0 unspecified atom stereocenters. The van der Waals surface area contributed by atoms with Gasteiger partial charge in [0.1, 0.15) is 0 Å². The summed E-state index contributed by atoms with van der Waals surface area (Å²) in [5.41, 5.74) is 0. The van der Waals surface area contributed by atoms with Crippen molar-refractivity contribution in [2.75, 3.05) is 52.4 Å². The molecule has 2 fully saturated rings. The number of morpholine rings is 1. The molecule has 0 radical (unpaired) electrons. The van der Waals surface area contributed by atoms with Gasteiger partial charge in [-0.2, -0.15) is 0 Å². The lowest BCUT2D eigenvalue weighted by Crippen LogP contribution is -2.48. The van der Waals surface area contributed by atoms with Gasteiger partial charge < -0.3 is 15.0 Å². The minimum Gasteiger partial charge on any atom is -0.373 e. The standard InChI is InChI=1S/C13H27N3O/c1-12-10-16(11-13(2)17-12)9-8-15-6-3-4-14-5-7-15/h12-14H,3-11H2,1-2H3/t12-,13+. The number of nitrogens with zero attached hydrogens (tertiary/aromatic N) is 2. The molecule has 0 bridgehead atoms. The summed E-state index contributed by atoms with van der Waals surface area (Å²) in [7, 11) is 0. The van der Waals surface area contributed by atoms with Gasteiger partial charge in [-0.05, 0) is 33.4 Å². The summed E-state index contributed by atoms with van der Waals surface area (Å²) >= 11 is 0. The molecule has 17 heavy (non-hydrogen) atoms. The Balaban J connectivity index is 1.69. The summed E-state index contributed by atoms with van der Waals surface area (Å²) in [4.78, 5) is 5.14. The highest BCUT2D eigenvalue weighted by atomic mass is 16.5. The second kappa shape index (κ2) is 6.69. The normalized spacial score (nSPS) is 33.5. The fraction of sp³-hybridized carbons (Fsp3) is 1.00. The molecule has 1 N–H and O–H groups in total. The number of hydrogen-bond acceptors (Lipinski definition) is 4. The largest absolute Gasteiger partial charge is 0.373 e. The number of rotatable bonds is 3. The molecule has 0 aromatic heterocycles. The van der Waals surface area contributed by atoms with Crippen LogP contribution in [0.3, 0.4) is 0 Å². The van der Waals surface area contributed by atoms with Crippen molar-refractivity contribution in [1.82, 2.24) is 15.1 Å². The summed E-state index contributed by atoms with van der Waals surface area (Å²) in [6.45, 7) is 13.7. The van der Waals surface area contributed by atoms with E-state index in [1.165, 1.54) is 39.1 Å². The van der Waals surface area contributed by atoms with Crippen LogP contribution in [-0.2, 0) is 4.74 Å². The third kappa shape index (κ3) is 4.54. The predicted molar refractivity (Wildman–Crippen MR) is 70.4 cm³/mol. The average Bonchev–Trinajstić information content (AvgIpc) is 2.53. The second-order valence-corrected chi connectivity index (χ2v) is 5.46. The van der Waals surface area contributed by atoms with Gasteiger partial charge in [0, 0.05) is 39.3 Å². The van der Waals surface area contributed by atoms with Crippen molar-refractivity contribution in [3.63, 3.8) is 0 Å². The fourth-order valence-electron chi connectivity index (χ4n) is 2.88. The summed E-state index contributed by atoms with van der Waals surface area (Å²) in [5, 5.41) is 3.45. The quantitative estimate of drug-likeness (QED) is 0.774. The first-order chi connectivity index (χ1) is 8.24. The second-order valence-electron chi connectivity index (χ2n) is 5.46. The number of hydrogen-bond donors (Lipinski definition) is 1. The molecule has 2 aliphatic rings. The number of ether oxygens (including phenoxy) is 1. The predicted octanol–water partition coefficient (Wildman–Crippen LogP) is 0.391. The van der Waals surface area contributed by atoms with E-state index in [-0.39, 0.29) is 0 Å². The van der Waals surface area contributed by atoms with Crippen molar-refractivity contribution in [1.29, 1.82) is 0 Å². The molecule has 2 atom stereocenters. The monoisotopic (exact) mass is 241 g/mol. The smallest absolute Gasteiger partial charge is 0.0678 e. The molecular weight excluding hydrogens is 214 g/mol. The molecule has 0 saturated carbocycles. The van der Waals surface area contributed by atoms with E-state index in [1.807, 2.05) is 0 Å². The van der Waals surface area contributed by atoms with Crippen molar-refractivity contribution in [2.24, 2.45) is 0 Å². The lowest BCUT2D eigenvalue weighted by Gasteiger charge is -2.36. The minimum absolute atomic E-state index is 0.393. The summed E-state index contributed by atoms with van der Waals surface area (Å²) in [5.74, 6) is 0. The zero-order chi connectivity index (χ0) is 12.1. The van der Waals surface area contributed by atoms with Crippen molar-refractivity contribution < 1.29 is 4.74 Å². The fourth-order valence-corrected chi connectivity index (χ4v) is 2.88. The van der Waals surface area contributed by atoms with Crippen LogP contribution < -0.4 is 5.32 Å². The first-order valence-electron chi connectivity index (χ1n) is 7.05. The van der Waals surface area contributed by atoms with Crippen LogP contribution in [0.4, 0.5) is 0 Å². The summed E-state index contributed by atoms with van der Waals surface area (Å²) in [6.07, 6.45) is 2.07. The van der Waals surface area contributed by atoms with Crippen molar-refractivity contribution in [3.8, 4) is 0 Å². The van der Waals surface area contributed by atoms with Crippen LogP contribution in [0.1, 0.15) is 20.3 Å². The molecule has 100 valence electrons. The Morgan fingerprint density at radius 3 is 2.47 bits per heavy atom. The molecule has 0 aromatic rings. The third-order valence-corrected chi connectivity index (χ3v) is 3.66. The van der Waals surface area contributed by atoms with Crippen molar-refractivity contribution in [2.45, 2.75) is 32.5 Å². The molecule has 2 aliphatic heterocycles. The lowest BCUT2D eigenvalue weighted by atomic mass is 10.2. The first kappa shape index (κ1) is 13.3. The van der Waals surface area contributed by atoms with Gasteiger partial charge in [-0.3, -0.25) is 4.90 Å². The molecule has 0 aromatic carbocycles. The maximum Gasteiger partial charge on any atom is 0.0678 e. The third-order valence-electron chi connectivity index (χ3n) is 3.66. The van der Waals surface area contributed by atoms with Gasteiger partial charge >= 0.3 is 0 Å². The van der Waals surface area contributed by atoms with Gasteiger partial charge in [-0.25, -0.2) is 0 Å². The van der Waals surface area contributed by atoms with Crippen LogP contribution in [-0.4, -0.2) is 74.4 Å². The highest BCUT2D eigenvalue weighted by Gasteiger charge is 2.22. The topological polar surface area (TPSA) is 27.7 Å². The van der Waals surface area contributed by atoms with Gasteiger partial charge in [-0.1, -0.05) is 0 Å². The van der Waals surface area contributed by atoms with Gasteiger partial charge in [0.15, 0.2) is 0 Å². The van der Waals surface area contributed by atoms with E-state index in [1.54, 1.807) is 0 Å². The summed E-state index contributed by atoms with van der Waals surface area (Å²) < 4.78 is 5.76. The Bertz CT molecular complexity index is 207. The van der Waals surface area contributed by atoms with E-state index < -0.39 is 0 Å². The SMILES string of the molecule is C[C@@H]1CN(CCN2CCCNCC2)C[C@H](C)O1. The van der Waals surface area contributed by atoms with Crippen LogP contribution in [0, 0.1) is 0 Å². The van der Waals surface area contributed by atoms with E-state index in [0.717, 1.165) is 19.6 Å². The molecule has 2 heterocycles. The van der Waals surface area contributed by atoms with E-state index in [2.05, 4.69) is 29.0 Å². The van der Waals surface area contributed by atoms with E-state index in [0.29, 0.717) is 12.2 Å². The maximum absolute atomic E-state index is 5.76. The zero-order valence-electron chi connectivity index (χ0n) is 11.3. The van der Waals surface area contributed by atoms with E-state index >= 15 is 0 Å². The first-order valence-corrected chi connectivity index (χ1v) is 7.05. The van der Waals surface area contributed by atoms with Crippen molar-refractivity contribution in [3.05, 3.63) is 0 Å². The molecule has 4 nitrogen and oxygen atoms in total. The Kier molecular flexibility index (Phi) is 5.22. The lowest BCUT2D eigenvalue weighted by molar-refractivity contribution is -0.0692. The number of nitrogens with one attached hydrogen (secondary N) is 1. The highest BCUT2D eigenvalue weighted by molar-refractivity contribution is 4.75. The van der Waals surface area contributed by atoms with Gasteiger partial charge in [0.05, 0.1) is 12.2 Å². The van der Waals surface area contributed by atoms with Gasteiger partial charge in [0.2, 0.25) is 0 Å². The Morgan fingerprint density at radius 1 is 1.00 bits per heavy atom. The average molecular weight is 241 g/mol. The van der Waals surface area contributed by atoms with Crippen molar-refractivity contribution >= 4 is 0 Å². The molecule has 2 rings (SSSR count). The molecule has 0 amide bonds. The van der Waals surface area contributed by atoms with Gasteiger partial charge in [0.25, 0.3) is 0 Å². The maximum atomic E-state index is 5.76. The van der Waals surface area contributed by atoms with Gasteiger partial charge in [-0.15, -0.1) is 0 Å². The Hall–Kier alpha value is -0.160. The molecule has 2 saturated heterocycles. The summed E-state index contributed by atoms with van der Waals surface area (Å²) in [6, 6.07) is 0.